The van der Waals surface area contributed by atoms with Crippen LogP contribution in [0.15, 0.2) is 12.3 Å². The van der Waals surface area contributed by atoms with E-state index in [2.05, 4.69) is 10.3 Å². The lowest BCUT2D eigenvalue weighted by Crippen LogP contribution is -2.29. The first-order valence-electron chi connectivity index (χ1n) is 4.92. The maximum Gasteiger partial charge on any atom is 0.254 e. The Morgan fingerprint density at radius 3 is 2.78 bits per heavy atom. The van der Waals surface area contributed by atoms with Crippen molar-refractivity contribution in [2.45, 2.75) is 0 Å². The van der Waals surface area contributed by atoms with Crippen molar-refractivity contribution in [3.05, 3.63) is 23.6 Å². The molecular formula is C9H13FN4O3S. The topological polar surface area (TPSA) is 114 Å². The van der Waals surface area contributed by atoms with Crippen molar-refractivity contribution >= 4 is 21.6 Å². The predicted molar refractivity (Wildman–Crippen MR) is 64.0 cm³/mol. The first kappa shape index (κ1) is 14.3. The number of hydrazine groups is 1. The molecule has 4 N–H and O–H groups in total. The van der Waals surface area contributed by atoms with E-state index in [1.165, 1.54) is 12.3 Å². The van der Waals surface area contributed by atoms with Gasteiger partial charge in [0.1, 0.15) is 9.84 Å². The molecule has 1 amide bonds. The van der Waals surface area contributed by atoms with Gasteiger partial charge < -0.3 is 10.7 Å². The Hall–Kier alpha value is -1.74. The number of nitrogen functional groups attached to an aromatic ring is 1. The molecule has 0 aliphatic rings. The molecule has 1 aromatic heterocycles. The van der Waals surface area contributed by atoms with E-state index in [1.54, 1.807) is 0 Å². The highest BCUT2D eigenvalue weighted by molar-refractivity contribution is 7.90. The molecule has 0 saturated heterocycles. The Bertz CT molecular complexity index is 547. The molecule has 9 heteroatoms. The third-order valence-electron chi connectivity index (χ3n) is 2.03. The van der Waals surface area contributed by atoms with Gasteiger partial charge in [0.15, 0.2) is 11.6 Å². The van der Waals surface area contributed by atoms with Crippen LogP contribution >= 0.6 is 0 Å². The second kappa shape index (κ2) is 5.74. The molecule has 0 spiro atoms. The number of halogens is 1. The molecule has 0 radical (unpaired) electrons. The number of nitrogens with two attached hydrogens (primary N) is 1. The van der Waals surface area contributed by atoms with Crippen LogP contribution in [0.5, 0.6) is 0 Å². The zero-order chi connectivity index (χ0) is 13.8. The lowest BCUT2D eigenvalue weighted by molar-refractivity contribution is 0.0952. The fourth-order valence-corrected chi connectivity index (χ4v) is 1.64. The summed E-state index contributed by atoms with van der Waals surface area (Å²) < 4.78 is 35.3. The summed E-state index contributed by atoms with van der Waals surface area (Å²) in [6.45, 7) is -0.0924. The molecule has 1 rings (SSSR count). The van der Waals surface area contributed by atoms with Gasteiger partial charge >= 0.3 is 0 Å². The Labute approximate surface area is 103 Å². The Morgan fingerprint density at radius 2 is 2.22 bits per heavy atom. The number of carbonyl (C=O) groups is 1. The lowest BCUT2D eigenvalue weighted by atomic mass is 10.2. The van der Waals surface area contributed by atoms with Gasteiger partial charge in [-0.1, -0.05) is 0 Å². The second-order valence-electron chi connectivity index (χ2n) is 3.55. The van der Waals surface area contributed by atoms with Crippen molar-refractivity contribution in [1.82, 2.24) is 10.3 Å². The Morgan fingerprint density at radius 1 is 1.56 bits per heavy atom. The van der Waals surface area contributed by atoms with Crippen molar-refractivity contribution in [2.75, 3.05) is 24.0 Å². The van der Waals surface area contributed by atoms with E-state index in [-0.39, 0.29) is 23.7 Å². The van der Waals surface area contributed by atoms with Crippen LogP contribution in [0.25, 0.3) is 0 Å². The number of amides is 1. The number of anilines is 1. The molecule has 100 valence electrons. The molecular weight excluding hydrogens is 263 g/mol. The van der Waals surface area contributed by atoms with Crippen molar-refractivity contribution < 1.29 is 17.6 Å². The molecule has 0 bridgehead atoms. The maximum atomic E-state index is 13.6. The Balaban J connectivity index is 2.73. The van der Waals surface area contributed by atoms with E-state index >= 15 is 0 Å². The van der Waals surface area contributed by atoms with E-state index in [1.807, 2.05) is 5.43 Å². The van der Waals surface area contributed by atoms with Crippen molar-refractivity contribution in [1.29, 1.82) is 0 Å². The summed E-state index contributed by atoms with van der Waals surface area (Å²) in [6.07, 6.45) is 2.26. The number of pyridine rings is 1. The minimum Gasteiger partial charge on any atom is -0.351 e. The average Bonchev–Trinajstić information content (AvgIpc) is 2.27. The fourth-order valence-electron chi connectivity index (χ4n) is 1.16. The van der Waals surface area contributed by atoms with Crippen LogP contribution in [0.4, 0.5) is 10.2 Å². The molecule has 0 aromatic carbocycles. The number of hydrogen-bond acceptors (Lipinski definition) is 6. The summed E-state index contributed by atoms with van der Waals surface area (Å²) in [5.41, 5.74) is 1.75. The third kappa shape index (κ3) is 3.93. The van der Waals surface area contributed by atoms with E-state index < -0.39 is 21.6 Å². The molecule has 1 aromatic rings. The number of carbonyl (C=O) groups excluding carboxylic acids is 1. The summed E-state index contributed by atoms with van der Waals surface area (Å²) in [4.78, 5) is 15.1. The summed E-state index contributed by atoms with van der Waals surface area (Å²) in [5, 5.41) is 2.29. The zero-order valence-corrected chi connectivity index (χ0v) is 10.4. The van der Waals surface area contributed by atoms with Gasteiger partial charge in [-0.2, -0.15) is 0 Å². The van der Waals surface area contributed by atoms with Gasteiger partial charge in [-0.3, -0.25) is 4.79 Å². The van der Waals surface area contributed by atoms with Gasteiger partial charge in [-0.05, 0) is 6.07 Å². The maximum absolute atomic E-state index is 13.6. The number of nitrogens with zero attached hydrogens (tertiary/aromatic N) is 1. The van der Waals surface area contributed by atoms with Crippen LogP contribution in [0.3, 0.4) is 0 Å². The molecule has 0 saturated carbocycles. The largest absolute Gasteiger partial charge is 0.351 e. The lowest BCUT2D eigenvalue weighted by Gasteiger charge is -2.07. The molecule has 0 aliphatic carbocycles. The minimum atomic E-state index is -3.18. The van der Waals surface area contributed by atoms with Crippen molar-refractivity contribution in [3.8, 4) is 0 Å². The molecule has 18 heavy (non-hydrogen) atoms. The molecule has 0 fully saturated rings. The van der Waals surface area contributed by atoms with Crippen LogP contribution in [0.1, 0.15) is 10.4 Å². The summed E-state index contributed by atoms with van der Waals surface area (Å²) >= 11 is 0. The summed E-state index contributed by atoms with van der Waals surface area (Å²) in [5.74, 6) is 2.92. The monoisotopic (exact) mass is 276 g/mol. The first-order chi connectivity index (χ1) is 8.35. The zero-order valence-electron chi connectivity index (χ0n) is 9.60. The van der Waals surface area contributed by atoms with Crippen LogP contribution < -0.4 is 16.6 Å². The smallest absolute Gasteiger partial charge is 0.254 e. The highest BCUT2D eigenvalue weighted by Crippen LogP contribution is 2.13. The highest BCUT2D eigenvalue weighted by atomic mass is 32.2. The molecule has 0 atom stereocenters. The molecule has 7 nitrogen and oxygen atoms in total. The van der Waals surface area contributed by atoms with Gasteiger partial charge in [-0.25, -0.2) is 23.6 Å². The average molecular weight is 276 g/mol. The van der Waals surface area contributed by atoms with Gasteiger partial charge in [0.25, 0.3) is 5.91 Å². The van der Waals surface area contributed by atoms with E-state index in [0.717, 1.165) is 6.26 Å². The number of sulfone groups is 1. The van der Waals surface area contributed by atoms with E-state index in [0.29, 0.717) is 0 Å². The van der Waals surface area contributed by atoms with Crippen molar-refractivity contribution in [3.63, 3.8) is 0 Å². The van der Waals surface area contributed by atoms with Crippen LogP contribution in [0.2, 0.25) is 0 Å². The number of hydrogen-bond donors (Lipinski definition) is 3. The molecule has 0 aliphatic heterocycles. The number of aromatic nitrogens is 1. The normalized spacial score (nSPS) is 11.1. The predicted octanol–water partition coefficient (Wildman–Crippen LogP) is -0.719. The van der Waals surface area contributed by atoms with Gasteiger partial charge in [0.2, 0.25) is 0 Å². The highest BCUT2D eigenvalue weighted by Gasteiger charge is 2.15. The van der Waals surface area contributed by atoms with E-state index in [9.17, 15) is 17.6 Å². The van der Waals surface area contributed by atoms with Gasteiger partial charge in [0.05, 0.1) is 11.3 Å². The third-order valence-corrected chi connectivity index (χ3v) is 2.97. The quantitative estimate of drug-likeness (QED) is 0.483. The van der Waals surface area contributed by atoms with Crippen LogP contribution in [-0.2, 0) is 9.84 Å². The van der Waals surface area contributed by atoms with Gasteiger partial charge in [-0.15, -0.1) is 0 Å². The van der Waals surface area contributed by atoms with Crippen LogP contribution in [-0.4, -0.2) is 37.9 Å². The molecule has 0 unspecified atom stereocenters. The second-order valence-corrected chi connectivity index (χ2v) is 5.81. The first-order valence-corrected chi connectivity index (χ1v) is 6.98. The molecule has 1 heterocycles. The van der Waals surface area contributed by atoms with Crippen LogP contribution in [0, 0.1) is 5.82 Å². The fraction of sp³-hybridized carbons (Fsp3) is 0.333. The van der Waals surface area contributed by atoms with Gasteiger partial charge in [0, 0.05) is 19.0 Å². The number of nitrogens with one attached hydrogen (secondary N) is 2. The SMILES string of the molecule is CS(=O)(=O)CCNC(=O)c1ccnc(NN)c1F. The standard InChI is InChI=1S/C9H13FN4O3S/c1-18(16,17)5-4-13-9(15)6-2-3-12-8(14-11)7(6)10/h2-3H,4-5,11H2,1H3,(H,12,14)(H,13,15). The summed E-state index contributed by atoms with van der Waals surface area (Å²) in [6, 6.07) is 1.17. The van der Waals surface area contributed by atoms with Crippen molar-refractivity contribution in [2.24, 2.45) is 5.84 Å². The minimum absolute atomic E-state index is 0.0924. The Kier molecular flexibility index (Phi) is 4.56. The van der Waals surface area contributed by atoms with E-state index in [4.69, 9.17) is 5.84 Å². The summed E-state index contributed by atoms with van der Waals surface area (Å²) in [7, 11) is -3.18. The number of rotatable bonds is 5.